The van der Waals surface area contributed by atoms with Crippen molar-refractivity contribution in [2.24, 2.45) is 0 Å². The fraction of sp³-hybridized carbons (Fsp3) is 0.353. The van der Waals surface area contributed by atoms with Crippen molar-refractivity contribution in [3.63, 3.8) is 0 Å². The van der Waals surface area contributed by atoms with Gasteiger partial charge >= 0.3 is 11.9 Å². The Labute approximate surface area is 134 Å². The number of hydrogen-bond donors (Lipinski definition) is 0. The first-order valence-corrected chi connectivity index (χ1v) is 7.29. The lowest BCUT2D eigenvalue weighted by atomic mass is 10.1. The second kappa shape index (κ2) is 7.58. The summed E-state index contributed by atoms with van der Waals surface area (Å²) in [6.07, 6.45) is 2.39. The van der Waals surface area contributed by atoms with Gasteiger partial charge in [0, 0.05) is 26.0 Å². The number of carbonyl (C=O) groups excluding carboxylic acids is 3. The molecule has 122 valence electrons. The highest BCUT2D eigenvalue weighted by molar-refractivity contribution is 5.87. The van der Waals surface area contributed by atoms with Crippen molar-refractivity contribution in [1.82, 2.24) is 4.90 Å². The molecule has 0 aliphatic carbocycles. The maximum atomic E-state index is 12.5. The van der Waals surface area contributed by atoms with Crippen LogP contribution >= 0.6 is 0 Å². The smallest absolute Gasteiger partial charge is 0.330 e. The van der Waals surface area contributed by atoms with Gasteiger partial charge in [-0.05, 0) is 5.56 Å². The number of hydrogen-bond acceptors (Lipinski definition) is 5. The Kier molecular flexibility index (Phi) is 5.51. The lowest BCUT2D eigenvalue weighted by Crippen LogP contribution is -2.34. The molecule has 1 aliphatic heterocycles. The van der Waals surface area contributed by atoms with Crippen molar-refractivity contribution in [3.8, 4) is 0 Å². The number of benzene rings is 1. The van der Waals surface area contributed by atoms with Gasteiger partial charge in [0.05, 0.1) is 13.2 Å². The Morgan fingerprint density at radius 1 is 1.30 bits per heavy atom. The van der Waals surface area contributed by atoms with Crippen molar-refractivity contribution < 1.29 is 23.9 Å². The van der Waals surface area contributed by atoms with E-state index < -0.39 is 18.0 Å². The molecule has 1 aromatic rings. The third kappa shape index (κ3) is 4.42. The largest absolute Gasteiger partial charge is 0.466 e. The van der Waals surface area contributed by atoms with Gasteiger partial charge in [-0.3, -0.25) is 9.59 Å². The van der Waals surface area contributed by atoms with Crippen LogP contribution in [-0.4, -0.2) is 42.0 Å². The first-order chi connectivity index (χ1) is 11.0. The molecule has 0 N–H and O–H groups in total. The lowest BCUT2D eigenvalue weighted by Gasteiger charge is -2.22. The third-order valence-corrected chi connectivity index (χ3v) is 3.57. The van der Waals surface area contributed by atoms with Crippen LogP contribution in [0.25, 0.3) is 0 Å². The molecule has 6 heteroatoms. The molecule has 23 heavy (non-hydrogen) atoms. The number of ether oxygens (including phenoxy) is 2. The van der Waals surface area contributed by atoms with Crippen molar-refractivity contribution in [2.75, 3.05) is 7.11 Å². The third-order valence-electron chi connectivity index (χ3n) is 3.57. The lowest BCUT2D eigenvalue weighted by molar-refractivity contribution is -0.154. The summed E-state index contributed by atoms with van der Waals surface area (Å²) in [6.45, 7) is 1.65. The molecule has 0 aromatic heterocycles. The van der Waals surface area contributed by atoms with Crippen LogP contribution in [0.2, 0.25) is 0 Å². The van der Waals surface area contributed by atoms with E-state index in [1.807, 2.05) is 30.3 Å². The average molecular weight is 317 g/mol. The van der Waals surface area contributed by atoms with Crippen molar-refractivity contribution >= 4 is 17.8 Å². The molecular weight excluding hydrogens is 298 g/mol. The monoisotopic (exact) mass is 317 g/mol. The van der Waals surface area contributed by atoms with Crippen LogP contribution in [0.15, 0.2) is 42.5 Å². The standard InChI is InChI=1S/C17H19NO5/c1-12(19)23-15-10-14(8-9-16(20)22-2)18(17(15)21)11-13-6-4-3-5-7-13/h3-9,14-15H,10-11H2,1-2H3/b9-8+/t14-,15+/m0/s1. The molecule has 0 saturated carbocycles. The zero-order chi connectivity index (χ0) is 16.8. The highest BCUT2D eigenvalue weighted by Crippen LogP contribution is 2.25. The van der Waals surface area contributed by atoms with E-state index in [1.165, 1.54) is 20.1 Å². The van der Waals surface area contributed by atoms with E-state index in [9.17, 15) is 14.4 Å². The second-order valence-electron chi connectivity index (χ2n) is 5.24. The van der Waals surface area contributed by atoms with Crippen LogP contribution in [0.5, 0.6) is 0 Å². The van der Waals surface area contributed by atoms with Gasteiger partial charge in [0.25, 0.3) is 5.91 Å². The molecule has 1 aliphatic rings. The molecule has 1 saturated heterocycles. The SMILES string of the molecule is COC(=O)/C=C/[C@H]1C[C@@H](OC(C)=O)C(=O)N1Cc1ccccc1. The Morgan fingerprint density at radius 3 is 2.61 bits per heavy atom. The zero-order valence-electron chi connectivity index (χ0n) is 13.1. The number of esters is 2. The van der Waals surface area contributed by atoms with Gasteiger partial charge in [0.15, 0.2) is 6.10 Å². The summed E-state index contributed by atoms with van der Waals surface area (Å²) in [5.74, 6) is -1.25. The molecule has 6 nitrogen and oxygen atoms in total. The van der Waals surface area contributed by atoms with E-state index in [4.69, 9.17) is 4.74 Å². The van der Waals surface area contributed by atoms with Crippen molar-refractivity contribution in [2.45, 2.75) is 32.0 Å². The summed E-state index contributed by atoms with van der Waals surface area (Å²) >= 11 is 0. The molecule has 0 spiro atoms. The average Bonchev–Trinajstić information content (AvgIpc) is 2.82. The maximum absolute atomic E-state index is 12.5. The number of carbonyl (C=O) groups is 3. The Morgan fingerprint density at radius 2 is 2.00 bits per heavy atom. The van der Waals surface area contributed by atoms with E-state index in [1.54, 1.807) is 11.0 Å². The number of likely N-dealkylation sites (tertiary alicyclic amines) is 1. The van der Waals surface area contributed by atoms with E-state index in [-0.39, 0.29) is 11.9 Å². The maximum Gasteiger partial charge on any atom is 0.330 e. The van der Waals surface area contributed by atoms with E-state index in [2.05, 4.69) is 4.74 Å². The van der Waals surface area contributed by atoms with Crippen molar-refractivity contribution in [1.29, 1.82) is 0 Å². The molecule has 1 aromatic carbocycles. The van der Waals surface area contributed by atoms with Gasteiger partial charge in [0.2, 0.25) is 0 Å². The minimum atomic E-state index is -0.816. The Balaban J connectivity index is 2.18. The summed E-state index contributed by atoms with van der Waals surface area (Å²) in [5.41, 5.74) is 0.959. The Hall–Kier alpha value is -2.63. The molecule has 2 rings (SSSR count). The van der Waals surface area contributed by atoms with Crippen molar-refractivity contribution in [3.05, 3.63) is 48.0 Å². The minimum absolute atomic E-state index is 0.261. The molecule has 0 bridgehead atoms. The molecule has 1 heterocycles. The summed E-state index contributed by atoms with van der Waals surface area (Å²) in [7, 11) is 1.29. The fourth-order valence-corrected chi connectivity index (χ4v) is 2.51. The normalized spacial score (nSPS) is 20.8. The van der Waals surface area contributed by atoms with Crippen LogP contribution in [0.4, 0.5) is 0 Å². The van der Waals surface area contributed by atoms with Gasteiger partial charge in [-0.25, -0.2) is 4.79 Å². The summed E-state index contributed by atoms with van der Waals surface area (Å²) in [5, 5.41) is 0. The summed E-state index contributed by atoms with van der Waals surface area (Å²) in [6, 6.07) is 9.16. The van der Waals surface area contributed by atoms with E-state index >= 15 is 0 Å². The number of methoxy groups -OCH3 is 1. The van der Waals surface area contributed by atoms with E-state index in [0.717, 1.165) is 5.56 Å². The summed E-state index contributed by atoms with van der Waals surface area (Å²) < 4.78 is 9.64. The molecule has 0 unspecified atom stereocenters. The topological polar surface area (TPSA) is 72.9 Å². The first kappa shape index (κ1) is 16.7. The highest BCUT2D eigenvalue weighted by Gasteiger charge is 2.40. The number of nitrogens with zero attached hydrogens (tertiary/aromatic N) is 1. The van der Waals surface area contributed by atoms with Gasteiger partial charge in [-0.1, -0.05) is 36.4 Å². The molecule has 1 fully saturated rings. The van der Waals surface area contributed by atoms with Gasteiger partial charge < -0.3 is 14.4 Å². The predicted molar refractivity (Wildman–Crippen MR) is 82.1 cm³/mol. The van der Waals surface area contributed by atoms with Gasteiger partial charge in [-0.2, -0.15) is 0 Å². The summed E-state index contributed by atoms with van der Waals surface area (Å²) in [4.78, 5) is 36.5. The Bertz CT molecular complexity index is 611. The van der Waals surface area contributed by atoms with Crippen LogP contribution in [-0.2, 0) is 30.4 Å². The fourth-order valence-electron chi connectivity index (χ4n) is 2.51. The van der Waals surface area contributed by atoms with Crippen LogP contribution in [0, 0.1) is 0 Å². The highest BCUT2D eigenvalue weighted by atomic mass is 16.5. The molecule has 2 atom stereocenters. The van der Waals surface area contributed by atoms with Gasteiger partial charge in [-0.15, -0.1) is 0 Å². The predicted octanol–water partition coefficient (Wildman–Crippen LogP) is 1.45. The van der Waals surface area contributed by atoms with Gasteiger partial charge in [0.1, 0.15) is 0 Å². The van der Waals surface area contributed by atoms with Crippen LogP contribution < -0.4 is 0 Å². The minimum Gasteiger partial charge on any atom is -0.466 e. The molecular formula is C17H19NO5. The number of amides is 1. The first-order valence-electron chi connectivity index (χ1n) is 7.29. The molecule has 1 amide bonds. The van der Waals surface area contributed by atoms with E-state index in [0.29, 0.717) is 13.0 Å². The quantitative estimate of drug-likeness (QED) is 0.607. The zero-order valence-corrected chi connectivity index (χ0v) is 13.1. The van der Waals surface area contributed by atoms with Crippen LogP contribution in [0.1, 0.15) is 18.9 Å². The number of rotatable bonds is 5. The molecule has 0 radical (unpaired) electrons. The van der Waals surface area contributed by atoms with Crippen LogP contribution in [0.3, 0.4) is 0 Å². The second-order valence-corrected chi connectivity index (χ2v) is 5.24.